The van der Waals surface area contributed by atoms with Crippen molar-refractivity contribution < 1.29 is 9.18 Å². The first kappa shape index (κ1) is 17.3. The Bertz CT molecular complexity index is 1270. The highest BCUT2D eigenvalue weighted by atomic mass is 19.1. The summed E-state index contributed by atoms with van der Waals surface area (Å²) in [6, 6.07) is 12.3. The fraction of sp³-hybridized carbons (Fsp3) is 0. The predicted molar refractivity (Wildman–Crippen MR) is 103 cm³/mol. The predicted octanol–water partition coefficient (Wildman–Crippen LogP) is 2.27. The van der Waals surface area contributed by atoms with Gasteiger partial charge in [0.2, 0.25) is 5.43 Å². The van der Waals surface area contributed by atoms with E-state index in [9.17, 15) is 14.0 Å². The van der Waals surface area contributed by atoms with E-state index in [-0.39, 0.29) is 16.8 Å². The van der Waals surface area contributed by atoms with Gasteiger partial charge in [0.15, 0.2) is 0 Å². The number of rotatable bonds is 3. The molecule has 0 saturated carbocycles. The summed E-state index contributed by atoms with van der Waals surface area (Å²) in [6.07, 6.45) is 3.02. The molecule has 7 nitrogen and oxygen atoms in total. The van der Waals surface area contributed by atoms with Crippen molar-refractivity contribution in [3.05, 3.63) is 82.7 Å². The molecule has 1 amide bonds. The number of hydrogen-bond donors (Lipinski definition) is 2. The Balaban J connectivity index is 2.12. The molecule has 4 rings (SSSR count). The number of nitrogens with two attached hydrogens (primary N) is 2. The Morgan fingerprint density at radius 1 is 1.07 bits per heavy atom. The number of anilines is 1. The lowest BCUT2D eigenvalue weighted by atomic mass is 10.0. The smallest absolute Gasteiger partial charge is 0.256 e. The molecule has 28 heavy (non-hydrogen) atoms. The number of benzene rings is 2. The molecule has 0 aliphatic rings. The van der Waals surface area contributed by atoms with Crippen LogP contribution in [-0.2, 0) is 0 Å². The minimum absolute atomic E-state index is 0.114. The van der Waals surface area contributed by atoms with E-state index in [1.165, 1.54) is 35.2 Å². The number of fused-ring (bicyclic) bond motifs is 1. The lowest BCUT2D eigenvalue weighted by Crippen LogP contribution is -2.27. The summed E-state index contributed by atoms with van der Waals surface area (Å²) in [5.41, 5.74) is 12.9. The normalized spacial score (nSPS) is 10.9. The fourth-order valence-electron chi connectivity index (χ4n) is 3.13. The molecule has 2 aromatic carbocycles. The van der Waals surface area contributed by atoms with E-state index in [2.05, 4.69) is 9.97 Å². The van der Waals surface area contributed by atoms with Gasteiger partial charge in [0.25, 0.3) is 5.91 Å². The zero-order valence-electron chi connectivity index (χ0n) is 14.5. The maximum Gasteiger partial charge on any atom is 0.256 e. The van der Waals surface area contributed by atoms with E-state index in [1.54, 1.807) is 30.5 Å². The van der Waals surface area contributed by atoms with Crippen LogP contribution in [0.1, 0.15) is 10.4 Å². The maximum absolute atomic E-state index is 13.4. The van der Waals surface area contributed by atoms with E-state index in [0.717, 1.165) is 5.56 Å². The van der Waals surface area contributed by atoms with Gasteiger partial charge < -0.3 is 11.5 Å². The summed E-state index contributed by atoms with van der Waals surface area (Å²) in [5, 5.41) is 0.255. The van der Waals surface area contributed by atoms with E-state index < -0.39 is 17.2 Å². The molecular weight excluding hydrogens is 361 g/mol. The second-order valence-corrected chi connectivity index (χ2v) is 6.09. The zero-order chi connectivity index (χ0) is 19.8. The number of pyridine rings is 1. The average molecular weight is 375 g/mol. The Hall–Kier alpha value is -4.07. The molecule has 0 radical (unpaired) electrons. The Labute approximate surface area is 158 Å². The van der Waals surface area contributed by atoms with Gasteiger partial charge in [-0.2, -0.15) is 0 Å². The van der Waals surface area contributed by atoms with Gasteiger partial charge in [-0.3, -0.25) is 14.2 Å². The van der Waals surface area contributed by atoms with Crippen molar-refractivity contribution in [1.29, 1.82) is 0 Å². The molecular formula is C20H14FN5O2. The van der Waals surface area contributed by atoms with Crippen LogP contribution < -0.4 is 16.9 Å². The summed E-state index contributed by atoms with van der Waals surface area (Å²) >= 11 is 0. The summed E-state index contributed by atoms with van der Waals surface area (Å²) < 4.78 is 14.9. The van der Waals surface area contributed by atoms with Crippen molar-refractivity contribution in [2.24, 2.45) is 5.73 Å². The van der Waals surface area contributed by atoms with E-state index in [0.29, 0.717) is 16.9 Å². The number of nitrogens with zero attached hydrogens (tertiary/aromatic N) is 3. The molecule has 2 heterocycles. The lowest BCUT2D eigenvalue weighted by Gasteiger charge is -2.17. The largest absolute Gasteiger partial charge is 0.384 e. The molecule has 2 aromatic heterocycles. The molecule has 4 aromatic rings. The molecule has 0 saturated heterocycles. The van der Waals surface area contributed by atoms with Gasteiger partial charge in [0.05, 0.1) is 11.2 Å². The SMILES string of the molecule is NC(=O)c1c(N)n(-c2ccc(F)cc2)c2cc(-c3ccncn3)ccc2c1=O. The minimum Gasteiger partial charge on any atom is -0.384 e. The van der Waals surface area contributed by atoms with E-state index in [4.69, 9.17) is 11.5 Å². The number of aromatic nitrogens is 3. The number of primary amides is 1. The van der Waals surface area contributed by atoms with Crippen LogP contribution in [0.25, 0.3) is 27.8 Å². The molecule has 0 aliphatic heterocycles. The second-order valence-electron chi connectivity index (χ2n) is 6.09. The molecule has 0 atom stereocenters. The van der Waals surface area contributed by atoms with E-state index >= 15 is 0 Å². The summed E-state index contributed by atoms with van der Waals surface area (Å²) in [6.45, 7) is 0. The number of nitrogen functional groups attached to an aromatic ring is 1. The maximum atomic E-state index is 13.4. The van der Waals surface area contributed by atoms with Crippen molar-refractivity contribution >= 4 is 22.6 Å². The number of hydrogen-bond acceptors (Lipinski definition) is 5. The second kappa shape index (κ2) is 6.58. The van der Waals surface area contributed by atoms with Crippen LogP contribution in [0, 0.1) is 5.82 Å². The van der Waals surface area contributed by atoms with Crippen LogP contribution in [0.3, 0.4) is 0 Å². The van der Waals surface area contributed by atoms with Crippen LogP contribution in [0.4, 0.5) is 10.2 Å². The lowest BCUT2D eigenvalue weighted by molar-refractivity contribution is 0.1000. The van der Waals surface area contributed by atoms with Gasteiger partial charge in [-0.05, 0) is 42.5 Å². The summed E-state index contributed by atoms with van der Waals surface area (Å²) in [7, 11) is 0. The van der Waals surface area contributed by atoms with Gasteiger partial charge in [0.1, 0.15) is 23.5 Å². The number of carbonyl (C=O) groups is 1. The first-order chi connectivity index (χ1) is 13.5. The molecule has 0 spiro atoms. The third kappa shape index (κ3) is 2.77. The molecule has 4 N–H and O–H groups in total. The van der Waals surface area contributed by atoms with Crippen molar-refractivity contribution in [2.75, 3.05) is 5.73 Å². The van der Waals surface area contributed by atoms with Crippen LogP contribution in [0.5, 0.6) is 0 Å². The van der Waals surface area contributed by atoms with Gasteiger partial charge >= 0.3 is 0 Å². The first-order valence-corrected chi connectivity index (χ1v) is 8.28. The molecule has 0 bridgehead atoms. The van der Waals surface area contributed by atoms with Crippen molar-refractivity contribution in [3.8, 4) is 16.9 Å². The summed E-state index contributed by atoms with van der Waals surface area (Å²) in [5.74, 6) is -1.47. The third-order valence-corrected chi connectivity index (χ3v) is 4.42. The first-order valence-electron chi connectivity index (χ1n) is 8.28. The molecule has 0 fully saturated rings. The summed E-state index contributed by atoms with van der Waals surface area (Å²) in [4.78, 5) is 32.8. The van der Waals surface area contributed by atoms with Crippen molar-refractivity contribution in [1.82, 2.24) is 14.5 Å². The number of carbonyl (C=O) groups excluding carboxylic acids is 1. The highest BCUT2D eigenvalue weighted by Crippen LogP contribution is 2.27. The Kier molecular flexibility index (Phi) is 4.08. The van der Waals surface area contributed by atoms with Gasteiger partial charge in [-0.1, -0.05) is 6.07 Å². The number of halogens is 1. The Morgan fingerprint density at radius 2 is 1.82 bits per heavy atom. The van der Waals surface area contributed by atoms with Crippen LogP contribution in [-0.4, -0.2) is 20.4 Å². The quantitative estimate of drug-likeness (QED) is 0.570. The molecule has 0 unspecified atom stereocenters. The highest BCUT2D eigenvalue weighted by Gasteiger charge is 2.20. The topological polar surface area (TPSA) is 117 Å². The molecule has 138 valence electrons. The molecule has 0 aliphatic carbocycles. The van der Waals surface area contributed by atoms with Crippen LogP contribution in [0.15, 0.2) is 65.8 Å². The Morgan fingerprint density at radius 3 is 2.46 bits per heavy atom. The van der Waals surface area contributed by atoms with Gasteiger partial charge in [-0.15, -0.1) is 0 Å². The van der Waals surface area contributed by atoms with Crippen LogP contribution in [0.2, 0.25) is 0 Å². The van der Waals surface area contributed by atoms with E-state index in [1.807, 2.05) is 0 Å². The molecule has 8 heteroatoms. The van der Waals surface area contributed by atoms with Crippen LogP contribution >= 0.6 is 0 Å². The van der Waals surface area contributed by atoms with Crippen molar-refractivity contribution in [2.45, 2.75) is 0 Å². The third-order valence-electron chi connectivity index (χ3n) is 4.42. The monoisotopic (exact) mass is 375 g/mol. The fourth-order valence-corrected chi connectivity index (χ4v) is 3.13. The minimum atomic E-state index is -0.930. The average Bonchev–Trinajstić information content (AvgIpc) is 2.69. The van der Waals surface area contributed by atoms with Crippen molar-refractivity contribution in [3.63, 3.8) is 0 Å². The van der Waals surface area contributed by atoms with Gasteiger partial charge in [-0.25, -0.2) is 14.4 Å². The number of amides is 1. The highest BCUT2D eigenvalue weighted by molar-refractivity contribution is 6.02. The zero-order valence-corrected chi connectivity index (χ0v) is 14.5. The standard InChI is InChI=1S/C20H14FN5O2/c21-12-2-4-13(5-3-12)26-16-9-11(15-7-8-24-10-25-15)1-6-14(16)18(27)17(19(26)22)20(23)28/h1-10H,22H2,(H2,23,28). The van der Waals surface area contributed by atoms with Gasteiger partial charge in [0, 0.05) is 22.8 Å².